The van der Waals surface area contributed by atoms with Gasteiger partial charge in [0.05, 0.1) is 0 Å². The minimum Gasteiger partial charge on any atom is -0.370 e. The van der Waals surface area contributed by atoms with Gasteiger partial charge in [0.1, 0.15) is 0 Å². The molecule has 88 valence electrons. The third kappa shape index (κ3) is 7.97. The van der Waals surface area contributed by atoms with Gasteiger partial charge in [-0.3, -0.25) is 9.59 Å². The lowest BCUT2D eigenvalue weighted by Gasteiger charge is -2.01. The van der Waals surface area contributed by atoms with Crippen molar-refractivity contribution < 1.29 is 9.59 Å². The monoisotopic (exact) mass is 214 g/mol. The Labute approximate surface area is 91.6 Å². The molecule has 0 spiro atoms. The summed E-state index contributed by atoms with van der Waals surface area (Å²) in [7, 11) is 0. The Kier molecular flexibility index (Phi) is 7.68. The van der Waals surface area contributed by atoms with Crippen LogP contribution in [0.4, 0.5) is 0 Å². The number of nitrogens with one attached hydrogen (secondary N) is 1. The molecule has 15 heavy (non-hydrogen) atoms. The summed E-state index contributed by atoms with van der Waals surface area (Å²) in [6, 6.07) is 0. The van der Waals surface area contributed by atoms with E-state index in [0.717, 1.165) is 19.4 Å². The lowest BCUT2D eigenvalue weighted by atomic mass is 10.0. The van der Waals surface area contributed by atoms with E-state index in [1.165, 1.54) is 12.8 Å². The van der Waals surface area contributed by atoms with Crippen molar-refractivity contribution in [2.45, 2.75) is 46.0 Å². The molecular formula is C11H22N2O2. The summed E-state index contributed by atoms with van der Waals surface area (Å²) in [6.07, 6.45) is 4.52. The van der Waals surface area contributed by atoms with Crippen molar-refractivity contribution in [1.29, 1.82) is 0 Å². The summed E-state index contributed by atoms with van der Waals surface area (Å²) >= 11 is 0. The molecule has 0 radical (unpaired) electrons. The minimum atomic E-state index is -0.211. The number of primary amides is 1. The Morgan fingerprint density at radius 2 is 2.13 bits per heavy atom. The van der Waals surface area contributed by atoms with Crippen molar-refractivity contribution in [2.75, 3.05) is 6.54 Å². The van der Waals surface area contributed by atoms with Crippen LogP contribution >= 0.6 is 0 Å². The normalized spacial score (nSPS) is 19.1. The summed E-state index contributed by atoms with van der Waals surface area (Å²) in [5.41, 5.74) is 4.76. The molecule has 0 unspecified atom stereocenters. The zero-order valence-corrected chi connectivity index (χ0v) is 9.71. The topological polar surface area (TPSA) is 72.2 Å². The Hall–Kier alpha value is -1.06. The van der Waals surface area contributed by atoms with Gasteiger partial charge in [-0.1, -0.05) is 20.3 Å². The molecule has 0 bridgehead atoms. The largest absolute Gasteiger partial charge is 0.370 e. The fourth-order valence-electron chi connectivity index (χ4n) is 1.52. The molecule has 1 atom stereocenters. The zero-order chi connectivity index (χ0) is 11.7. The highest BCUT2D eigenvalue weighted by molar-refractivity contribution is 5.78. The van der Waals surface area contributed by atoms with Crippen molar-refractivity contribution in [3.05, 3.63) is 0 Å². The quantitative estimate of drug-likeness (QED) is 0.738. The minimum absolute atomic E-state index is 0.211. The van der Waals surface area contributed by atoms with Gasteiger partial charge in [-0.2, -0.15) is 0 Å². The van der Waals surface area contributed by atoms with Gasteiger partial charge in [-0.05, 0) is 18.8 Å². The summed E-state index contributed by atoms with van der Waals surface area (Å²) < 4.78 is 0. The average molecular weight is 214 g/mol. The lowest BCUT2D eigenvalue weighted by Crippen LogP contribution is -2.13. The molecule has 3 N–H and O–H groups in total. The Morgan fingerprint density at radius 1 is 1.47 bits per heavy atom. The SMILES string of the molecule is CCCC(N)=O.CCC[C@@H]1CNC(=O)C1. The van der Waals surface area contributed by atoms with Gasteiger partial charge in [-0.25, -0.2) is 0 Å². The van der Waals surface area contributed by atoms with Crippen LogP contribution in [-0.4, -0.2) is 18.4 Å². The second-order valence-corrected chi connectivity index (χ2v) is 3.88. The molecule has 0 saturated carbocycles. The third-order valence-corrected chi connectivity index (χ3v) is 2.26. The van der Waals surface area contributed by atoms with Crippen molar-refractivity contribution in [3.8, 4) is 0 Å². The smallest absolute Gasteiger partial charge is 0.220 e. The van der Waals surface area contributed by atoms with E-state index in [1.54, 1.807) is 0 Å². The molecule has 0 aromatic carbocycles. The number of hydrogen-bond donors (Lipinski definition) is 2. The predicted octanol–water partition coefficient (Wildman–Crippen LogP) is 1.19. The average Bonchev–Trinajstić information content (AvgIpc) is 2.53. The molecular weight excluding hydrogens is 192 g/mol. The Balaban J connectivity index is 0.000000288. The molecule has 1 rings (SSSR count). The van der Waals surface area contributed by atoms with E-state index in [0.29, 0.717) is 12.3 Å². The molecule has 0 aliphatic carbocycles. The van der Waals surface area contributed by atoms with Gasteiger partial charge in [0.15, 0.2) is 0 Å². The van der Waals surface area contributed by atoms with Gasteiger partial charge in [0.2, 0.25) is 11.8 Å². The maximum Gasteiger partial charge on any atom is 0.220 e. The number of carbonyl (C=O) groups is 2. The standard InChI is InChI=1S/C7H13NO.C4H9NO/c1-2-3-6-4-7(9)8-5-6;1-2-3-4(5)6/h6H,2-5H2,1H3,(H,8,9);2-3H2,1H3,(H2,5,6)/t6-;/m0./s1. The van der Waals surface area contributed by atoms with Gasteiger partial charge in [0.25, 0.3) is 0 Å². The first-order valence-electron chi connectivity index (χ1n) is 5.65. The maximum absolute atomic E-state index is 10.6. The summed E-state index contributed by atoms with van der Waals surface area (Å²) in [5, 5.41) is 2.82. The van der Waals surface area contributed by atoms with E-state index in [9.17, 15) is 9.59 Å². The van der Waals surface area contributed by atoms with E-state index in [-0.39, 0.29) is 11.8 Å². The second kappa shape index (κ2) is 8.26. The third-order valence-electron chi connectivity index (χ3n) is 2.26. The highest BCUT2D eigenvalue weighted by Gasteiger charge is 2.19. The summed E-state index contributed by atoms with van der Waals surface area (Å²) in [6.45, 7) is 4.99. The maximum atomic E-state index is 10.6. The molecule has 4 nitrogen and oxygen atoms in total. The number of rotatable bonds is 4. The van der Waals surface area contributed by atoms with Crippen LogP contribution < -0.4 is 11.1 Å². The molecule has 1 fully saturated rings. The number of amides is 2. The van der Waals surface area contributed by atoms with Crippen LogP contribution in [0.1, 0.15) is 46.0 Å². The molecule has 1 aliphatic rings. The number of carbonyl (C=O) groups excluding carboxylic acids is 2. The first-order valence-corrected chi connectivity index (χ1v) is 5.65. The number of nitrogens with two attached hydrogens (primary N) is 1. The van der Waals surface area contributed by atoms with E-state index in [1.807, 2.05) is 6.92 Å². The van der Waals surface area contributed by atoms with Gasteiger partial charge in [0, 0.05) is 19.4 Å². The van der Waals surface area contributed by atoms with Crippen LogP contribution in [0.3, 0.4) is 0 Å². The van der Waals surface area contributed by atoms with E-state index < -0.39 is 0 Å². The highest BCUT2D eigenvalue weighted by Crippen LogP contribution is 2.14. The molecule has 2 amide bonds. The molecule has 0 aromatic rings. The fraction of sp³-hybridized carbons (Fsp3) is 0.818. The first-order chi connectivity index (χ1) is 7.10. The Morgan fingerprint density at radius 3 is 2.40 bits per heavy atom. The van der Waals surface area contributed by atoms with Crippen molar-refractivity contribution in [3.63, 3.8) is 0 Å². The Bertz CT molecular complexity index is 205. The van der Waals surface area contributed by atoms with Crippen molar-refractivity contribution in [2.24, 2.45) is 11.7 Å². The summed E-state index contributed by atoms with van der Waals surface area (Å²) in [4.78, 5) is 20.4. The predicted molar refractivity (Wildman–Crippen MR) is 60.1 cm³/mol. The van der Waals surface area contributed by atoms with Crippen LogP contribution in [0.5, 0.6) is 0 Å². The van der Waals surface area contributed by atoms with Gasteiger partial charge in [-0.15, -0.1) is 0 Å². The van der Waals surface area contributed by atoms with Crippen LogP contribution in [-0.2, 0) is 9.59 Å². The molecule has 1 saturated heterocycles. The zero-order valence-electron chi connectivity index (χ0n) is 9.71. The molecule has 4 heteroatoms. The molecule has 1 aliphatic heterocycles. The molecule has 0 aromatic heterocycles. The van der Waals surface area contributed by atoms with Crippen LogP contribution in [0.25, 0.3) is 0 Å². The lowest BCUT2D eigenvalue weighted by molar-refractivity contribution is -0.119. The van der Waals surface area contributed by atoms with Gasteiger partial charge >= 0.3 is 0 Å². The van der Waals surface area contributed by atoms with E-state index in [4.69, 9.17) is 5.73 Å². The van der Waals surface area contributed by atoms with Gasteiger partial charge < -0.3 is 11.1 Å². The molecule has 1 heterocycles. The summed E-state index contributed by atoms with van der Waals surface area (Å²) in [5.74, 6) is 0.647. The van der Waals surface area contributed by atoms with E-state index in [2.05, 4.69) is 12.2 Å². The first kappa shape index (κ1) is 13.9. The van der Waals surface area contributed by atoms with Crippen LogP contribution in [0, 0.1) is 5.92 Å². The van der Waals surface area contributed by atoms with E-state index >= 15 is 0 Å². The van der Waals surface area contributed by atoms with Crippen LogP contribution in [0.15, 0.2) is 0 Å². The highest BCUT2D eigenvalue weighted by atomic mass is 16.2. The van der Waals surface area contributed by atoms with Crippen molar-refractivity contribution >= 4 is 11.8 Å². The van der Waals surface area contributed by atoms with Crippen LogP contribution in [0.2, 0.25) is 0 Å². The second-order valence-electron chi connectivity index (χ2n) is 3.88. The fourth-order valence-corrected chi connectivity index (χ4v) is 1.52. The van der Waals surface area contributed by atoms with Crippen molar-refractivity contribution in [1.82, 2.24) is 5.32 Å². The number of hydrogen-bond acceptors (Lipinski definition) is 2.